The first-order chi connectivity index (χ1) is 19.2. The van der Waals surface area contributed by atoms with Crippen LogP contribution in [0.15, 0.2) is 49.1 Å². The number of anilines is 1. The number of hydrogen-bond donors (Lipinski definition) is 1. The molecule has 0 bridgehead atoms. The minimum atomic E-state index is -4.15. The largest absolute Gasteiger partial charge is 0.493 e. The molecule has 4 aromatic rings. The van der Waals surface area contributed by atoms with Crippen molar-refractivity contribution in [2.24, 2.45) is 0 Å². The van der Waals surface area contributed by atoms with Gasteiger partial charge in [0.05, 0.1) is 23.8 Å². The molecule has 210 valence electrons. The summed E-state index contributed by atoms with van der Waals surface area (Å²) in [6, 6.07) is 6.35. The zero-order chi connectivity index (χ0) is 28.4. The summed E-state index contributed by atoms with van der Waals surface area (Å²) >= 11 is 5.94. The van der Waals surface area contributed by atoms with Crippen LogP contribution in [0.2, 0.25) is 5.02 Å². The number of halogens is 1. The second-order valence-electron chi connectivity index (χ2n) is 9.21. The number of rotatable bonds is 9. The van der Waals surface area contributed by atoms with Crippen LogP contribution in [0.25, 0.3) is 11.4 Å². The van der Waals surface area contributed by atoms with Gasteiger partial charge in [-0.3, -0.25) is 9.29 Å². The number of nitrogens with zero attached hydrogens (tertiary/aromatic N) is 7. The van der Waals surface area contributed by atoms with E-state index in [9.17, 15) is 8.42 Å². The number of ether oxygens (including phenoxy) is 3. The van der Waals surface area contributed by atoms with Gasteiger partial charge in [0.1, 0.15) is 24.0 Å². The Labute approximate surface area is 236 Å². The fourth-order valence-corrected chi connectivity index (χ4v) is 5.47. The lowest BCUT2D eigenvalue weighted by molar-refractivity contribution is 0.00154. The van der Waals surface area contributed by atoms with Crippen molar-refractivity contribution in [3.63, 3.8) is 0 Å². The van der Waals surface area contributed by atoms with Gasteiger partial charge in [-0.1, -0.05) is 17.7 Å². The standard InChI is InChI=1S/C25H27ClN8O5S/c1-14(2)39-20(23-29-11-16(26)12-30-23)15(3)40(35,36)33-25-32-31-24-17-7-5-8-19(37-4)21(17)38-13-18(34(24)25)22-27-9-6-10-28-22/h5-12,14-15,18,20H,13H2,1-4H3,(H,32,33)/t15-,18+,20+/m0/s1. The highest BCUT2D eigenvalue weighted by molar-refractivity contribution is 7.93. The van der Waals surface area contributed by atoms with E-state index in [0.29, 0.717) is 33.7 Å². The molecule has 0 aliphatic carbocycles. The monoisotopic (exact) mass is 586 g/mol. The predicted octanol–water partition coefficient (Wildman–Crippen LogP) is 3.47. The van der Waals surface area contributed by atoms with Crippen LogP contribution in [-0.2, 0) is 14.8 Å². The first-order valence-corrected chi connectivity index (χ1v) is 14.3. The molecule has 0 fully saturated rings. The van der Waals surface area contributed by atoms with Crippen molar-refractivity contribution in [3.05, 3.63) is 65.7 Å². The zero-order valence-corrected chi connectivity index (χ0v) is 23.7. The molecule has 0 saturated heterocycles. The third-order valence-corrected chi connectivity index (χ3v) is 8.07. The minimum Gasteiger partial charge on any atom is -0.493 e. The Morgan fingerprint density at radius 1 is 1.07 bits per heavy atom. The molecule has 0 radical (unpaired) electrons. The van der Waals surface area contributed by atoms with Crippen molar-refractivity contribution in [3.8, 4) is 22.9 Å². The van der Waals surface area contributed by atoms with E-state index >= 15 is 0 Å². The van der Waals surface area contributed by atoms with Gasteiger partial charge in [-0.2, -0.15) is 0 Å². The summed E-state index contributed by atoms with van der Waals surface area (Å²) in [6.45, 7) is 5.16. The van der Waals surface area contributed by atoms with E-state index in [2.05, 4.69) is 34.9 Å². The molecule has 0 unspecified atom stereocenters. The number of nitrogens with one attached hydrogen (secondary N) is 1. The molecule has 1 aliphatic rings. The fourth-order valence-electron chi connectivity index (χ4n) is 4.28. The third kappa shape index (κ3) is 5.42. The third-order valence-electron chi connectivity index (χ3n) is 6.18. The Bertz CT molecular complexity index is 1580. The van der Waals surface area contributed by atoms with E-state index in [-0.39, 0.29) is 24.5 Å². The van der Waals surface area contributed by atoms with E-state index < -0.39 is 27.4 Å². The molecule has 40 heavy (non-hydrogen) atoms. The summed E-state index contributed by atoms with van der Waals surface area (Å²) in [5.41, 5.74) is 0.569. The van der Waals surface area contributed by atoms with Crippen molar-refractivity contribution in [1.29, 1.82) is 0 Å². The van der Waals surface area contributed by atoms with Crippen molar-refractivity contribution < 1.29 is 22.6 Å². The van der Waals surface area contributed by atoms with E-state index in [1.54, 1.807) is 55.1 Å². The highest BCUT2D eigenvalue weighted by Gasteiger charge is 2.38. The smallest absolute Gasteiger partial charge is 0.240 e. The molecule has 0 amide bonds. The van der Waals surface area contributed by atoms with Crippen LogP contribution in [0, 0.1) is 0 Å². The van der Waals surface area contributed by atoms with E-state index in [0.717, 1.165) is 0 Å². The molecular weight excluding hydrogens is 560 g/mol. The molecule has 0 saturated carbocycles. The summed E-state index contributed by atoms with van der Waals surface area (Å²) in [5, 5.41) is 7.75. The molecule has 15 heteroatoms. The second kappa shape index (κ2) is 11.3. The van der Waals surface area contributed by atoms with Crippen molar-refractivity contribution in [2.45, 2.75) is 44.3 Å². The second-order valence-corrected chi connectivity index (χ2v) is 11.7. The zero-order valence-electron chi connectivity index (χ0n) is 22.1. The highest BCUT2D eigenvalue weighted by Crippen LogP contribution is 2.42. The SMILES string of the molecule is COc1cccc2c1OC[C@H](c1ncccn1)n1c(NS(=O)(=O)[C@@H](C)[C@@H](OC(C)C)c3ncc(Cl)cn3)nnc1-2. The van der Waals surface area contributed by atoms with Crippen LogP contribution >= 0.6 is 11.6 Å². The molecule has 3 aromatic heterocycles. The molecule has 1 aromatic carbocycles. The predicted molar refractivity (Wildman–Crippen MR) is 146 cm³/mol. The normalized spacial score (nSPS) is 16.3. The number of hydrogen-bond acceptors (Lipinski definition) is 11. The Kier molecular flexibility index (Phi) is 7.83. The van der Waals surface area contributed by atoms with Crippen LogP contribution in [0.3, 0.4) is 0 Å². The molecule has 13 nitrogen and oxygen atoms in total. The number of aromatic nitrogens is 7. The summed E-state index contributed by atoms with van der Waals surface area (Å²) in [6.07, 6.45) is 4.66. The van der Waals surface area contributed by atoms with Crippen LogP contribution in [0.4, 0.5) is 5.95 Å². The number of sulfonamides is 1. The summed E-state index contributed by atoms with van der Waals surface area (Å²) in [4.78, 5) is 17.2. The number of para-hydroxylation sites is 1. The van der Waals surface area contributed by atoms with Crippen molar-refractivity contribution in [2.75, 3.05) is 18.4 Å². The number of fused-ring (bicyclic) bond motifs is 3. The number of methoxy groups -OCH3 is 1. The van der Waals surface area contributed by atoms with Crippen molar-refractivity contribution >= 4 is 27.6 Å². The topological polar surface area (TPSA) is 156 Å². The van der Waals surface area contributed by atoms with Crippen LogP contribution in [0.1, 0.15) is 44.6 Å². The fraction of sp³-hybridized carbons (Fsp3) is 0.360. The van der Waals surface area contributed by atoms with E-state index in [1.165, 1.54) is 26.4 Å². The van der Waals surface area contributed by atoms with Gasteiger partial charge >= 0.3 is 0 Å². The maximum absolute atomic E-state index is 13.8. The lowest BCUT2D eigenvalue weighted by Crippen LogP contribution is -2.35. The Balaban J connectivity index is 1.57. The maximum atomic E-state index is 13.8. The molecule has 5 rings (SSSR count). The maximum Gasteiger partial charge on any atom is 0.240 e. The summed E-state index contributed by atoms with van der Waals surface area (Å²) in [7, 11) is -2.61. The van der Waals surface area contributed by atoms with Gasteiger partial charge in [0, 0.05) is 24.8 Å². The molecule has 3 atom stereocenters. The molecule has 4 heterocycles. The van der Waals surface area contributed by atoms with Gasteiger partial charge in [0.25, 0.3) is 0 Å². The molecule has 0 spiro atoms. The first-order valence-electron chi connectivity index (χ1n) is 12.4. The first kappa shape index (κ1) is 27.7. The molecular formula is C25H27ClN8O5S. The van der Waals surface area contributed by atoms with Crippen LogP contribution in [0.5, 0.6) is 11.5 Å². The minimum absolute atomic E-state index is 0.0427. The lowest BCUT2D eigenvalue weighted by atomic mass is 10.1. The van der Waals surface area contributed by atoms with E-state index in [4.69, 9.17) is 25.8 Å². The average molecular weight is 587 g/mol. The van der Waals surface area contributed by atoms with Gasteiger partial charge in [0.2, 0.25) is 16.0 Å². The molecule has 1 N–H and O–H groups in total. The Morgan fingerprint density at radius 2 is 1.80 bits per heavy atom. The van der Waals surface area contributed by atoms with Crippen molar-refractivity contribution in [1.82, 2.24) is 34.7 Å². The Hall–Kier alpha value is -3.88. The summed E-state index contributed by atoms with van der Waals surface area (Å²) < 4.78 is 49.4. The molecule has 1 aliphatic heterocycles. The Morgan fingerprint density at radius 3 is 2.48 bits per heavy atom. The summed E-state index contributed by atoms with van der Waals surface area (Å²) in [5.74, 6) is 1.82. The van der Waals surface area contributed by atoms with Gasteiger partial charge in [-0.05, 0) is 39.0 Å². The average Bonchev–Trinajstić information content (AvgIpc) is 3.26. The van der Waals surface area contributed by atoms with E-state index in [1.807, 2.05) is 0 Å². The highest BCUT2D eigenvalue weighted by atomic mass is 35.5. The quantitative estimate of drug-likeness (QED) is 0.306. The lowest BCUT2D eigenvalue weighted by Gasteiger charge is -2.26. The van der Waals surface area contributed by atoms with Gasteiger partial charge in [-0.15, -0.1) is 10.2 Å². The number of benzene rings is 1. The van der Waals surface area contributed by atoms with Crippen LogP contribution < -0.4 is 14.2 Å². The van der Waals surface area contributed by atoms with Crippen LogP contribution in [-0.4, -0.2) is 68.2 Å². The van der Waals surface area contributed by atoms with Gasteiger partial charge < -0.3 is 14.2 Å². The van der Waals surface area contributed by atoms with Gasteiger partial charge in [-0.25, -0.2) is 28.4 Å². The van der Waals surface area contributed by atoms with Gasteiger partial charge in [0.15, 0.2) is 29.0 Å².